The molecule has 8 heteroatoms. The van der Waals surface area contributed by atoms with E-state index in [9.17, 15) is 14.4 Å². The van der Waals surface area contributed by atoms with Gasteiger partial charge in [0.2, 0.25) is 0 Å². The average Bonchev–Trinajstić information content (AvgIpc) is 2.87. The molecular weight excluding hydrogens is 242 g/mol. The highest BCUT2D eigenvalue weighted by Crippen LogP contribution is 1.98. The first-order valence-electron chi connectivity index (χ1n) is 5.16. The molecule has 1 rings (SSSR count). The molecule has 8 nitrogen and oxygen atoms in total. The topological polar surface area (TPSA) is 110 Å². The zero-order chi connectivity index (χ0) is 13.4. The lowest BCUT2D eigenvalue weighted by atomic mass is 10.4. The number of nitrogens with one attached hydrogen (secondary N) is 3. The maximum atomic E-state index is 11.4. The van der Waals surface area contributed by atoms with E-state index >= 15 is 0 Å². The van der Waals surface area contributed by atoms with Gasteiger partial charge >= 0.3 is 6.09 Å². The van der Waals surface area contributed by atoms with E-state index in [1.165, 1.54) is 12.3 Å². The van der Waals surface area contributed by atoms with Crippen molar-refractivity contribution in [3.8, 4) is 0 Å². The van der Waals surface area contributed by atoms with E-state index in [2.05, 4.69) is 15.5 Å². The molecule has 1 aromatic heterocycles. The van der Waals surface area contributed by atoms with Crippen molar-refractivity contribution in [3.05, 3.63) is 24.2 Å². The summed E-state index contributed by atoms with van der Waals surface area (Å²) in [5.74, 6) is -1.02. The number of hydrogen-bond acceptors (Lipinski definition) is 5. The number of hydrazine groups is 1. The van der Waals surface area contributed by atoms with Gasteiger partial charge in [0, 0.05) is 0 Å². The van der Waals surface area contributed by atoms with E-state index < -0.39 is 17.9 Å². The largest absolute Gasteiger partial charge is 0.459 e. The van der Waals surface area contributed by atoms with Crippen LogP contribution in [0.15, 0.2) is 22.8 Å². The Kier molecular flexibility index (Phi) is 5.23. The normalized spacial score (nSPS) is 9.39. The molecule has 0 aliphatic heterocycles. The van der Waals surface area contributed by atoms with Gasteiger partial charge in [-0.15, -0.1) is 0 Å². The molecule has 1 aromatic rings. The molecule has 0 fully saturated rings. The summed E-state index contributed by atoms with van der Waals surface area (Å²) < 4.78 is 9.33. The second-order valence-electron chi connectivity index (χ2n) is 3.05. The lowest BCUT2D eigenvalue weighted by Crippen LogP contribution is -2.46. The molecule has 1 heterocycles. The summed E-state index contributed by atoms with van der Waals surface area (Å²) in [5.41, 5.74) is 4.07. The Hall–Kier alpha value is -2.51. The molecular formula is C10H13N3O5. The predicted molar refractivity (Wildman–Crippen MR) is 59.3 cm³/mol. The molecule has 0 aliphatic rings. The Bertz CT molecular complexity index is 415. The summed E-state index contributed by atoms with van der Waals surface area (Å²) in [4.78, 5) is 33.4. The van der Waals surface area contributed by atoms with Crippen LogP contribution in [0, 0.1) is 0 Å². The molecule has 0 saturated heterocycles. The average molecular weight is 255 g/mol. The van der Waals surface area contributed by atoms with Gasteiger partial charge in [0.15, 0.2) is 5.76 Å². The third kappa shape index (κ3) is 4.56. The Labute approximate surface area is 103 Å². The molecule has 0 radical (unpaired) electrons. The summed E-state index contributed by atoms with van der Waals surface area (Å²) in [6, 6.07) is 3.02. The summed E-state index contributed by atoms with van der Waals surface area (Å²) in [5, 5.41) is 2.30. The Balaban J connectivity index is 2.21. The van der Waals surface area contributed by atoms with Gasteiger partial charge in [-0.25, -0.2) is 10.2 Å². The molecule has 3 N–H and O–H groups in total. The second kappa shape index (κ2) is 6.94. The highest BCUT2D eigenvalue weighted by atomic mass is 16.6. The van der Waals surface area contributed by atoms with Gasteiger partial charge in [0.1, 0.15) is 0 Å². The van der Waals surface area contributed by atoms with Crippen molar-refractivity contribution in [1.29, 1.82) is 0 Å². The molecule has 0 aliphatic carbocycles. The Morgan fingerprint density at radius 1 is 1.33 bits per heavy atom. The molecule has 0 spiro atoms. The van der Waals surface area contributed by atoms with Crippen LogP contribution in [0.5, 0.6) is 0 Å². The first-order chi connectivity index (χ1) is 8.63. The first kappa shape index (κ1) is 13.6. The molecule has 0 atom stereocenters. The zero-order valence-corrected chi connectivity index (χ0v) is 9.69. The van der Waals surface area contributed by atoms with Gasteiger partial charge in [0.25, 0.3) is 11.8 Å². The van der Waals surface area contributed by atoms with Crippen LogP contribution < -0.4 is 16.2 Å². The van der Waals surface area contributed by atoms with Gasteiger partial charge < -0.3 is 14.5 Å². The van der Waals surface area contributed by atoms with Gasteiger partial charge in [-0.05, 0) is 19.1 Å². The molecule has 98 valence electrons. The fourth-order valence-electron chi connectivity index (χ4n) is 0.988. The molecule has 0 unspecified atom stereocenters. The number of carbonyl (C=O) groups is 3. The number of ether oxygens (including phenoxy) is 1. The van der Waals surface area contributed by atoms with Gasteiger partial charge in [-0.2, -0.15) is 0 Å². The number of amides is 3. The molecule has 0 saturated carbocycles. The minimum Gasteiger partial charge on any atom is -0.459 e. The fourth-order valence-corrected chi connectivity index (χ4v) is 0.988. The maximum Gasteiger partial charge on any atom is 0.426 e. The van der Waals surface area contributed by atoms with Crippen LogP contribution in [0.3, 0.4) is 0 Å². The summed E-state index contributed by atoms with van der Waals surface area (Å²) in [6.45, 7) is 1.52. The van der Waals surface area contributed by atoms with Crippen molar-refractivity contribution in [2.45, 2.75) is 6.92 Å². The van der Waals surface area contributed by atoms with E-state index in [0.29, 0.717) is 0 Å². The molecule has 3 amide bonds. The van der Waals surface area contributed by atoms with Crippen LogP contribution in [-0.4, -0.2) is 31.1 Å². The van der Waals surface area contributed by atoms with Crippen molar-refractivity contribution < 1.29 is 23.5 Å². The van der Waals surface area contributed by atoms with Crippen molar-refractivity contribution in [3.63, 3.8) is 0 Å². The van der Waals surface area contributed by atoms with Crippen LogP contribution in [0.1, 0.15) is 17.5 Å². The minimum atomic E-state index is -0.775. The smallest absolute Gasteiger partial charge is 0.426 e. The Morgan fingerprint density at radius 3 is 2.72 bits per heavy atom. The van der Waals surface area contributed by atoms with E-state index in [0.717, 1.165) is 0 Å². The van der Waals surface area contributed by atoms with Crippen LogP contribution >= 0.6 is 0 Å². The maximum absolute atomic E-state index is 11.4. The van der Waals surface area contributed by atoms with Gasteiger partial charge in [-0.1, -0.05) is 0 Å². The summed E-state index contributed by atoms with van der Waals surface area (Å²) in [7, 11) is 0. The van der Waals surface area contributed by atoms with E-state index in [4.69, 9.17) is 4.42 Å². The lowest BCUT2D eigenvalue weighted by Gasteiger charge is -2.07. The standard InChI is InChI=1S/C10H13N3O5/c1-2-17-10(16)13-12-8(14)6-11-9(15)7-4-3-5-18-7/h3-5H,2,6H2,1H3,(H,11,15)(H,12,14)(H,13,16). The monoisotopic (exact) mass is 255 g/mol. The molecule has 0 aromatic carbocycles. The Morgan fingerprint density at radius 2 is 2.11 bits per heavy atom. The lowest BCUT2D eigenvalue weighted by molar-refractivity contribution is -0.121. The predicted octanol–water partition coefficient (Wildman–Crippen LogP) is -0.213. The van der Waals surface area contributed by atoms with Crippen LogP contribution in [0.4, 0.5) is 4.79 Å². The zero-order valence-electron chi connectivity index (χ0n) is 9.69. The van der Waals surface area contributed by atoms with E-state index in [-0.39, 0.29) is 18.9 Å². The first-order valence-corrected chi connectivity index (χ1v) is 5.16. The van der Waals surface area contributed by atoms with Crippen LogP contribution in [0.25, 0.3) is 0 Å². The fraction of sp³-hybridized carbons (Fsp3) is 0.300. The quantitative estimate of drug-likeness (QED) is 0.645. The highest BCUT2D eigenvalue weighted by Gasteiger charge is 2.10. The van der Waals surface area contributed by atoms with Crippen LogP contribution in [0.2, 0.25) is 0 Å². The number of carbonyl (C=O) groups excluding carboxylic acids is 3. The third-order valence-electron chi connectivity index (χ3n) is 1.73. The highest BCUT2D eigenvalue weighted by molar-refractivity contribution is 5.94. The van der Waals surface area contributed by atoms with Crippen molar-refractivity contribution >= 4 is 17.9 Å². The SMILES string of the molecule is CCOC(=O)NNC(=O)CNC(=O)c1ccco1. The van der Waals surface area contributed by atoms with Crippen molar-refractivity contribution in [2.24, 2.45) is 0 Å². The van der Waals surface area contributed by atoms with Crippen LogP contribution in [-0.2, 0) is 9.53 Å². The molecule has 0 bridgehead atoms. The molecule has 18 heavy (non-hydrogen) atoms. The van der Waals surface area contributed by atoms with Crippen molar-refractivity contribution in [1.82, 2.24) is 16.2 Å². The number of hydrogen-bond donors (Lipinski definition) is 3. The van der Waals surface area contributed by atoms with Gasteiger partial charge in [-0.3, -0.25) is 15.0 Å². The van der Waals surface area contributed by atoms with Gasteiger partial charge in [0.05, 0.1) is 19.4 Å². The second-order valence-corrected chi connectivity index (χ2v) is 3.05. The number of rotatable bonds is 4. The van der Waals surface area contributed by atoms with E-state index in [1.54, 1.807) is 13.0 Å². The third-order valence-corrected chi connectivity index (χ3v) is 1.73. The van der Waals surface area contributed by atoms with E-state index in [1.807, 2.05) is 5.43 Å². The summed E-state index contributed by atoms with van der Waals surface area (Å²) in [6.07, 6.45) is 0.570. The minimum absolute atomic E-state index is 0.0983. The number of furan rings is 1. The van der Waals surface area contributed by atoms with Crippen molar-refractivity contribution in [2.75, 3.05) is 13.2 Å². The summed E-state index contributed by atoms with van der Waals surface area (Å²) >= 11 is 0.